The quantitative estimate of drug-likeness (QED) is 0.481. The number of alkyl halides is 1. The smallest absolute Gasteiger partial charge is 0.172 e. The lowest BCUT2D eigenvalue weighted by molar-refractivity contribution is -0.163. The number of ether oxygens (including phenoxy) is 2. The van der Waals surface area contributed by atoms with Gasteiger partial charge in [-0.3, -0.25) is 0 Å². The van der Waals surface area contributed by atoms with Crippen molar-refractivity contribution in [1.29, 1.82) is 0 Å². The van der Waals surface area contributed by atoms with Crippen molar-refractivity contribution in [2.45, 2.75) is 32.0 Å². The summed E-state index contributed by atoms with van der Waals surface area (Å²) < 4.78 is 11.3. The molecule has 3 heteroatoms. The molecule has 0 N–H and O–H groups in total. The van der Waals surface area contributed by atoms with Crippen molar-refractivity contribution in [1.82, 2.24) is 0 Å². The summed E-state index contributed by atoms with van der Waals surface area (Å²) in [7, 11) is 0. The molecule has 2 rings (SSSR count). The lowest BCUT2D eigenvalue weighted by Gasteiger charge is -2.33. The molecule has 0 aromatic rings. The second kappa shape index (κ2) is 3.60. The highest BCUT2D eigenvalue weighted by atomic mass is 35.5. The fourth-order valence-electron chi connectivity index (χ4n) is 2.02. The first-order valence-corrected chi connectivity index (χ1v) is 5.31. The molecule has 2 aliphatic rings. The largest absolute Gasteiger partial charge is 0.347 e. The first-order chi connectivity index (χ1) is 6.26. The zero-order valence-corrected chi connectivity index (χ0v) is 8.69. The molecule has 13 heavy (non-hydrogen) atoms. The van der Waals surface area contributed by atoms with E-state index in [0.29, 0.717) is 5.88 Å². The Morgan fingerprint density at radius 3 is 2.69 bits per heavy atom. The fraction of sp³-hybridized carbons (Fsp3) is 0.800. The third-order valence-electron chi connectivity index (χ3n) is 2.94. The van der Waals surface area contributed by atoms with Crippen molar-refractivity contribution in [2.24, 2.45) is 0 Å². The molecule has 0 aromatic carbocycles. The zero-order valence-electron chi connectivity index (χ0n) is 7.94. The van der Waals surface area contributed by atoms with E-state index in [1.807, 2.05) is 0 Å². The van der Waals surface area contributed by atoms with Crippen LogP contribution in [0.5, 0.6) is 0 Å². The van der Waals surface area contributed by atoms with Crippen molar-refractivity contribution >= 4 is 11.6 Å². The van der Waals surface area contributed by atoms with E-state index in [1.165, 1.54) is 11.1 Å². The fourth-order valence-corrected chi connectivity index (χ4v) is 2.35. The van der Waals surface area contributed by atoms with Crippen LogP contribution in [0.1, 0.15) is 26.2 Å². The van der Waals surface area contributed by atoms with Crippen LogP contribution in [0.4, 0.5) is 0 Å². The summed E-state index contributed by atoms with van der Waals surface area (Å²) in [5.74, 6) is 0.296. The minimum atomic E-state index is -0.316. The molecule has 0 amide bonds. The molecule has 1 fully saturated rings. The first kappa shape index (κ1) is 9.50. The van der Waals surface area contributed by atoms with Gasteiger partial charge in [-0.05, 0) is 13.3 Å². The maximum absolute atomic E-state index is 5.87. The van der Waals surface area contributed by atoms with Gasteiger partial charge in [0.2, 0.25) is 0 Å². The molecule has 1 saturated heterocycles. The van der Waals surface area contributed by atoms with Gasteiger partial charge in [-0.15, -0.1) is 11.6 Å². The van der Waals surface area contributed by atoms with Crippen LogP contribution in [-0.2, 0) is 9.47 Å². The molecule has 1 aliphatic carbocycles. The summed E-state index contributed by atoms with van der Waals surface area (Å²) in [6, 6.07) is 0. The predicted molar refractivity (Wildman–Crippen MR) is 51.9 cm³/mol. The SMILES string of the molecule is CC1=C(CCl)CC2(CC1)OCCO2. The number of rotatable bonds is 1. The molecule has 1 heterocycles. The molecule has 0 bridgehead atoms. The number of hydrogen-bond donors (Lipinski definition) is 0. The molecule has 0 atom stereocenters. The van der Waals surface area contributed by atoms with Gasteiger partial charge in [0.1, 0.15) is 0 Å². The van der Waals surface area contributed by atoms with Gasteiger partial charge in [0.25, 0.3) is 0 Å². The van der Waals surface area contributed by atoms with E-state index in [4.69, 9.17) is 21.1 Å². The summed E-state index contributed by atoms with van der Waals surface area (Å²) in [5.41, 5.74) is 2.72. The average Bonchev–Trinajstić information content (AvgIpc) is 2.59. The molecule has 0 saturated carbocycles. The Balaban J connectivity index is 2.13. The van der Waals surface area contributed by atoms with Crippen LogP contribution in [0.3, 0.4) is 0 Å². The van der Waals surface area contributed by atoms with Crippen molar-refractivity contribution in [3.05, 3.63) is 11.1 Å². The summed E-state index contributed by atoms with van der Waals surface area (Å²) in [6.45, 7) is 3.61. The highest BCUT2D eigenvalue weighted by Gasteiger charge is 2.39. The van der Waals surface area contributed by atoms with E-state index >= 15 is 0 Å². The number of hydrogen-bond acceptors (Lipinski definition) is 2. The van der Waals surface area contributed by atoms with Crippen LogP contribution in [0.2, 0.25) is 0 Å². The highest BCUT2D eigenvalue weighted by molar-refractivity contribution is 6.19. The Morgan fingerprint density at radius 2 is 2.08 bits per heavy atom. The summed E-state index contributed by atoms with van der Waals surface area (Å²) in [5, 5.41) is 0. The summed E-state index contributed by atoms with van der Waals surface area (Å²) in [4.78, 5) is 0. The second-order valence-electron chi connectivity index (χ2n) is 3.80. The van der Waals surface area contributed by atoms with Crippen molar-refractivity contribution < 1.29 is 9.47 Å². The van der Waals surface area contributed by atoms with Gasteiger partial charge in [0.15, 0.2) is 5.79 Å². The van der Waals surface area contributed by atoms with Gasteiger partial charge in [0, 0.05) is 18.7 Å². The Morgan fingerprint density at radius 1 is 1.38 bits per heavy atom. The Kier molecular flexibility index (Phi) is 2.63. The molecular weight excluding hydrogens is 188 g/mol. The van der Waals surface area contributed by atoms with Crippen LogP contribution in [0.25, 0.3) is 0 Å². The predicted octanol–water partition coefficient (Wildman–Crippen LogP) is 2.47. The first-order valence-electron chi connectivity index (χ1n) is 4.77. The third kappa shape index (κ3) is 1.76. The van der Waals surface area contributed by atoms with Gasteiger partial charge in [-0.1, -0.05) is 11.1 Å². The number of halogens is 1. The van der Waals surface area contributed by atoms with Crippen molar-refractivity contribution in [3.8, 4) is 0 Å². The van der Waals surface area contributed by atoms with Crippen LogP contribution < -0.4 is 0 Å². The lowest BCUT2D eigenvalue weighted by Crippen LogP contribution is -2.33. The van der Waals surface area contributed by atoms with Crippen LogP contribution in [-0.4, -0.2) is 24.9 Å². The molecular formula is C10H15ClO2. The topological polar surface area (TPSA) is 18.5 Å². The molecule has 0 radical (unpaired) electrons. The van der Waals surface area contributed by atoms with E-state index in [-0.39, 0.29) is 5.79 Å². The van der Waals surface area contributed by atoms with E-state index in [0.717, 1.165) is 32.5 Å². The van der Waals surface area contributed by atoms with Crippen molar-refractivity contribution in [3.63, 3.8) is 0 Å². The normalized spacial score (nSPS) is 27.2. The van der Waals surface area contributed by atoms with Gasteiger partial charge in [-0.2, -0.15) is 0 Å². The van der Waals surface area contributed by atoms with Gasteiger partial charge < -0.3 is 9.47 Å². The molecule has 2 nitrogen and oxygen atoms in total. The van der Waals surface area contributed by atoms with Crippen LogP contribution in [0.15, 0.2) is 11.1 Å². The minimum Gasteiger partial charge on any atom is -0.347 e. The Bertz CT molecular complexity index is 229. The Hall–Kier alpha value is -0.0500. The Labute approximate surface area is 83.9 Å². The molecule has 74 valence electrons. The summed E-state index contributed by atoms with van der Waals surface area (Å²) in [6.07, 6.45) is 2.91. The third-order valence-corrected chi connectivity index (χ3v) is 3.26. The van der Waals surface area contributed by atoms with Gasteiger partial charge in [-0.25, -0.2) is 0 Å². The second-order valence-corrected chi connectivity index (χ2v) is 4.07. The van der Waals surface area contributed by atoms with Gasteiger partial charge in [0.05, 0.1) is 13.2 Å². The van der Waals surface area contributed by atoms with E-state index in [2.05, 4.69) is 6.92 Å². The minimum absolute atomic E-state index is 0.316. The van der Waals surface area contributed by atoms with E-state index in [1.54, 1.807) is 0 Å². The molecule has 0 aromatic heterocycles. The van der Waals surface area contributed by atoms with Crippen LogP contribution in [0, 0.1) is 0 Å². The average molecular weight is 203 g/mol. The standard InChI is InChI=1S/C10H15ClO2/c1-8-2-3-10(6-9(8)7-11)12-4-5-13-10/h2-7H2,1H3. The lowest BCUT2D eigenvalue weighted by atomic mass is 9.89. The van der Waals surface area contributed by atoms with Gasteiger partial charge >= 0.3 is 0 Å². The molecule has 1 aliphatic heterocycles. The maximum atomic E-state index is 5.87. The maximum Gasteiger partial charge on any atom is 0.172 e. The van der Waals surface area contributed by atoms with E-state index < -0.39 is 0 Å². The molecule has 1 spiro atoms. The monoisotopic (exact) mass is 202 g/mol. The highest BCUT2D eigenvalue weighted by Crippen LogP contribution is 2.38. The number of allylic oxidation sites excluding steroid dienone is 1. The van der Waals surface area contributed by atoms with Crippen LogP contribution >= 0.6 is 11.6 Å². The van der Waals surface area contributed by atoms with E-state index in [9.17, 15) is 0 Å². The zero-order chi connectivity index (χ0) is 9.31. The van der Waals surface area contributed by atoms with Crippen molar-refractivity contribution in [2.75, 3.05) is 19.1 Å². The summed E-state index contributed by atoms with van der Waals surface area (Å²) >= 11 is 5.87. The molecule has 0 unspecified atom stereocenters.